The number of carbonyl (C=O) groups excluding carboxylic acids is 1. The highest BCUT2D eigenvalue weighted by molar-refractivity contribution is 7.99. The van der Waals surface area contributed by atoms with Crippen molar-refractivity contribution in [3.63, 3.8) is 0 Å². The highest BCUT2D eigenvalue weighted by Gasteiger charge is 2.05. The molecule has 0 saturated carbocycles. The van der Waals surface area contributed by atoms with Gasteiger partial charge in [0.05, 0.1) is 0 Å². The molecule has 0 fully saturated rings. The summed E-state index contributed by atoms with van der Waals surface area (Å²) in [6.07, 6.45) is 1.04. The average molecular weight is 160 g/mol. The van der Waals surface area contributed by atoms with E-state index in [1.807, 2.05) is 18.7 Å². The van der Waals surface area contributed by atoms with Crippen molar-refractivity contribution in [3.05, 3.63) is 0 Å². The molecule has 0 aromatic heterocycles. The molecule has 2 heteroatoms. The molecule has 1 unspecified atom stereocenters. The molecule has 0 bridgehead atoms. The molecular weight excluding hydrogens is 144 g/mol. The van der Waals surface area contributed by atoms with Gasteiger partial charge in [-0.05, 0) is 24.9 Å². The molecule has 0 aliphatic rings. The van der Waals surface area contributed by atoms with Crippen molar-refractivity contribution in [1.82, 2.24) is 0 Å². The van der Waals surface area contributed by atoms with Crippen LogP contribution < -0.4 is 0 Å². The van der Waals surface area contributed by atoms with Crippen molar-refractivity contribution < 1.29 is 4.79 Å². The van der Waals surface area contributed by atoms with Crippen LogP contribution in [0.4, 0.5) is 0 Å². The van der Waals surface area contributed by atoms with Crippen molar-refractivity contribution in [2.75, 3.05) is 11.5 Å². The van der Waals surface area contributed by atoms with Gasteiger partial charge in [-0.1, -0.05) is 13.8 Å². The zero-order valence-corrected chi connectivity index (χ0v) is 7.83. The topological polar surface area (TPSA) is 17.1 Å². The zero-order chi connectivity index (χ0) is 7.98. The van der Waals surface area contributed by atoms with Gasteiger partial charge in [-0.2, -0.15) is 11.8 Å². The minimum Gasteiger partial charge on any atom is -0.300 e. The summed E-state index contributed by atoms with van der Waals surface area (Å²) in [7, 11) is 0. The SMILES string of the molecule is CCSCCC(C)C(C)=O. The van der Waals surface area contributed by atoms with Crippen LogP contribution >= 0.6 is 11.8 Å². The number of rotatable bonds is 5. The van der Waals surface area contributed by atoms with Gasteiger partial charge >= 0.3 is 0 Å². The van der Waals surface area contributed by atoms with Crippen molar-refractivity contribution in [2.24, 2.45) is 5.92 Å². The van der Waals surface area contributed by atoms with E-state index in [-0.39, 0.29) is 5.92 Å². The average Bonchev–Trinajstić information content (AvgIpc) is 1.88. The minimum atomic E-state index is 0.263. The summed E-state index contributed by atoms with van der Waals surface area (Å²) in [6, 6.07) is 0. The summed E-state index contributed by atoms with van der Waals surface area (Å²) in [6.45, 7) is 5.81. The molecule has 0 aliphatic carbocycles. The maximum Gasteiger partial charge on any atom is 0.132 e. The maximum absolute atomic E-state index is 10.7. The van der Waals surface area contributed by atoms with Crippen LogP contribution in [0.2, 0.25) is 0 Å². The van der Waals surface area contributed by atoms with Gasteiger partial charge in [0, 0.05) is 5.92 Å². The van der Waals surface area contributed by atoms with Crippen LogP contribution in [0.15, 0.2) is 0 Å². The molecule has 0 radical (unpaired) electrons. The molecule has 0 amide bonds. The van der Waals surface area contributed by atoms with Gasteiger partial charge in [0.15, 0.2) is 0 Å². The lowest BCUT2D eigenvalue weighted by Crippen LogP contribution is -2.06. The fraction of sp³-hybridized carbons (Fsp3) is 0.875. The number of thioether (sulfide) groups is 1. The van der Waals surface area contributed by atoms with Gasteiger partial charge in [0.1, 0.15) is 5.78 Å². The molecule has 10 heavy (non-hydrogen) atoms. The van der Waals surface area contributed by atoms with Crippen LogP contribution in [0, 0.1) is 5.92 Å². The van der Waals surface area contributed by atoms with Crippen LogP contribution in [0.3, 0.4) is 0 Å². The Morgan fingerprint density at radius 2 is 2.20 bits per heavy atom. The van der Waals surface area contributed by atoms with Crippen molar-refractivity contribution in [1.29, 1.82) is 0 Å². The second-order valence-corrected chi connectivity index (χ2v) is 3.89. The van der Waals surface area contributed by atoms with Crippen LogP contribution in [0.5, 0.6) is 0 Å². The summed E-state index contributed by atoms with van der Waals surface area (Å²) in [5, 5.41) is 0. The van der Waals surface area contributed by atoms with Gasteiger partial charge in [-0.15, -0.1) is 0 Å². The number of hydrogen-bond acceptors (Lipinski definition) is 2. The molecule has 0 aliphatic heterocycles. The van der Waals surface area contributed by atoms with Gasteiger partial charge < -0.3 is 0 Å². The van der Waals surface area contributed by atoms with Gasteiger partial charge in [0.25, 0.3) is 0 Å². The second-order valence-electron chi connectivity index (χ2n) is 2.50. The number of carbonyl (C=O) groups is 1. The Balaban J connectivity index is 3.21. The van der Waals surface area contributed by atoms with Crippen LogP contribution in [-0.2, 0) is 4.79 Å². The van der Waals surface area contributed by atoms with Gasteiger partial charge in [-0.25, -0.2) is 0 Å². The van der Waals surface area contributed by atoms with E-state index in [4.69, 9.17) is 0 Å². The largest absolute Gasteiger partial charge is 0.300 e. The number of Topliss-reactive ketones (excluding diaryl/α,β-unsaturated/α-hetero) is 1. The lowest BCUT2D eigenvalue weighted by Gasteiger charge is -2.04. The van der Waals surface area contributed by atoms with Crippen molar-refractivity contribution >= 4 is 17.5 Å². The first kappa shape index (κ1) is 10.0. The fourth-order valence-electron chi connectivity index (χ4n) is 0.608. The summed E-state index contributed by atoms with van der Waals surface area (Å²) in [5.74, 6) is 2.86. The molecular formula is C8H16OS. The quantitative estimate of drug-likeness (QED) is 0.574. The Hall–Kier alpha value is 0.0200. The van der Waals surface area contributed by atoms with Gasteiger partial charge in [-0.3, -0.25) is 4.79 Å². The predicted molar refractivity (Wildman–Crippen MR) is 47.5 cm³/mol. The third-order valence-corrected chi connectivity index (χ3v) is 2.53. The minimum absolute atomic E-state index is 0.263. The first-order valence-corrected chi connectivity index (χ1v) is 4.92. The van der Waals surface area contributed by atoms with E-state index in [0.29, 0.717) is 5.78 Å². The Bertz CT molecular complexity index is 101. The number of hydrogen-bond donors (Lipinski definition) is 0. The maximum atomic E-state index is 10.7. The predicted octanol–water partition coefficient (Wildman–Crippen LogP) is 2.35. The molecule has 0 spiro atoms. The third-order valence-electron chi connectivity index (χ3n) is 1.59. The van der Waals surface area contributed by atoms with Crippen LogP contribution in [0.1, 0.15) is 27.2 Å². The first-order valence-electron chi connectivity index (χ1n) is 3.76. The van der Waals surface area contributed by atoms with Crippen molar-refractivity contribution in [3.8, 4) is 0 Å². The number of ketones is 1. The third kappa shape index (κ3) is 4.86. The molecule has 0 N–H and O–H groups in total. The summed E-state index contributed by atoms with van der Waals surface area (Å²) in [5.41, 5.74) is 0. The standard InChI is InChI=1S/C8H16OS/c1-4-10-6-5-7(2)8(3)9/h7H,4-6H2,1-3H3. The zero-order valence-electron chi connectivity index (χ0n) is 7.02. The molecule has 0 rings (SSSR count). The van der Waals surface area contributed by atoms with E-state index in [9.17, 15) is 4.79 Å². The van der Waals surface area contributed by atoms with E-state index in [2.05, 4.69) is 6.92 Å². The second kappa shape index (κ2) is 5.78. The molecule has 1 nitrogen and oxygen atoms in total. The van der Waals surface area contributed by atoms with Crippen LogP contribution in [-0.4, -0.2) is 17.3 Å². The lowest BCUT2D eigenvalue weighted by molar-refractivity contribution is -0.120. The van der Waals surface area contributed by atoms with Crippen LogP contribution in [0.25, 0.3) is 0 Å². The molecule has 0 aromatic carbocycles. The molecule has 60 valence electrons. The molecule has 0 saturated heterocycles. The Morgan fingerprint density at radius 3 is 2.60 bits per heavy atom. The molecule has 0 aromatic rings. The van der Waals surface area contributed by atoms with Crippen molar-refractivity contribution in [2.45, 2.75) is 27.2 Å². The Labute approximate surface area is 67.6 Å². The van der Waals surface area contributed by atoms with E-state index in [0.717, 1.165) is 17.9 Å². The Kier molecular flexibility index (Phi) is 5.79. The lowest BCUT2D eigenvalue weighted by atomic mass is 10.1. The van der Waals surface area contributed by atoms with E-state index >= 15 is 0 Å². The summed E-state index contributed by atoms with van der Waals surface area (Å²) in [4.78, 5) is 10.7. The monoisotopic (exact) mass is 160 g/mol. The fourth-order valence-corrected chi connectivity index (χ4v) is 1.42. The van der Waals surface area contributed by atoms with E-state index in [1.54, 1.807) is 6.92 Å². The highest BCUT2D eigenvalue weighted by Crippen LogP contribution is 2.09. The smallest absolute Gasteiger partial charge is 0.132 e. The van der Waals surface area contributed by atoms with Gasteiger partial charge in [0.2, 0.25) is 0 Å². The normalized spacial score (nSPS) is 13.1. The Morgan fingerprint density at radius 1 is 1.60 bits per heavy atom. The highest BCUT2D eigenvalue weighted by atomic mass is 32.2. The molecule has 1 atom stereocenters. The first-order chi connectivity index (χ1) is 4.68. The molecule has 0 heterocycles. The van der Waals surface area contributed by atoms with E-state index < -0.39 is 0 Å². The summed E-state index contributed by atoms with van der Waals surface area (Å²) >= 11 is 1.90. The van der Waals surface area contributed by atoms with E-state index in [1.165, 1.54) is 0 Å². The summed E-state index contributed by atoms with van der Waals surface area (Å²) < 4.78 is 0.